The van der Waals surface area contributed by atoms with Crippen LogP contribution in [0.2, 0.25) is 0 Å². The second kappa shape index (κ2) is 16.1. The Kier molecular flexibility index (Phi) is 14.8. The van der Waals surface area contributed by atoms with Crippen LogP contribution in [0.3, 0.4) is 0 Å². The summed E-state index contributed by atoms with van der Waals surface area (Å²) in [5.74, 6) is -2.18. The van der Waals surface area contributed by atoms with Crippen LogP contribution in [0.4, 0.5) is 0 Å². The summed E-state index contributed by atoms with van der Waals surface area (Å²) in [5.41, 5.74) is 0. The van der Waals surface area contributed by atoms with Crippen molar-refractivity contribution in [2.45, 2.75) is 83.7 Å². The van der Waals surface area contributed by atoms with Gasteiger partial charge in [0.15, 0.2) is 0 Å². The van der Waals surface area contributed by atoms with E-state index in [1.807, 2.05) is 0 Å². The highest BCUT2D eigenvalue weighted by molar-refractivity contribution is 5.76. The van der Waals surface area contributed by atoms with Gasteiger partial charge in [-0.3, -0.25) is 19.2 Å². The molecule has 0 amide bonds. The van der Waals surface area contributed by atoms with Gasteiger partial charge in [-0.25, -0.2) is 0 Å². The van der Waals surface area contributed by atoms with Crippen LogP contribution >= 0.6 is 0 Å². The van der Waals surface area contributed by atoms with Gasteiger partial charge in [0.05, 0.1) is 20.0 Å². The predicted octanol–water partition coefficient (Wildman–Crippen LogP) is 3.01. The number of ether oxygens (including phenoxy) is 3. The molecule has 8 heteroatoms. The molecule has 0 saturated carbocycles. The van der Waals surface area contributed by atoms with E-state index in [2.05, 4.69) is 4.74 Å². The van der Waals surface area contributed by atoms with E-state index in [0.717, 1.165) is 38.5 Å². The molecular weight excluding hydrogens is 356 g/mol. The molecule has 0 rings (SSSR count). The number of carboxylic acids is 1. The van der Waals surface area contributed by atoms with Crippen LogP contribution in [-0.4, -0.2) is 48.8 Å². The van der Waals surface area contributed by atoms with E-state index in [1.165, 1.54) is 7.11 Å². The number of methoxy groups -OCH3 is 1. The monoisotopic (exact) mass is 388 g/mol. The van der Waals surface area contributed by atoms with Gasteiger partial charge < -0.3 is 19.3 Å². The highest BCUT2D eigenvalue weighted by Crippen LogP contribution is 2.10. The number of aliphatic carboxylic acids is 1. The van der Waals surface area contributed by atoms with E-state index in [9.17, 15) is 19.2 Å². The molecule has 27 heavy (non-hydrogen) atoms. The van der Waals surface area contributed by atoms with Gasteiger partial charge in [-0.15, -0.1) is 0 Å². The van der Waals surface area contributed by atoms with Gasteiger partial charge >= 0.3 is 23.9 Å². The van der Waals surface area contributed by atoms with Crippen molar-refractivity contribution in [3.8, 4) is 0 Å². The van der Waals surface area contributed by atoms with Crippen molar-refractivity contribution in [1.29, 1.82) is 0 Å². The first-order chi connectivity index (χ1) is 12.9. The number of unbranched alkanes of at least 4 members (excludes halogenated alkanes) is 5. The van der Waals surface area contributed by atoms with Crippen LogP contribution in [-0.2, 0) is 33.4 Å². The molecule has 0 spiro atoms. The SMILES string of the molecule is CCC(COC(=O)CCCCCCCCC(=O)OC)OC(=O)CCC(=O)O. The average Bonchev–Trinajstić information content (AvgIpc) is 2.65. The first-order valence-corrected chi connectivity index (χ1v) is 9.52. The topological polar surface area (TPSA) is 116 Å². The maximum absolute atomic E-state index is 11.7. The van der Waals surface area contributed by atoms with Crippen LogP contribution in [0.1, 0.15) is 77.6 Å². The Balaban J connectivity index is 3.69. The molecule has 0 fully saturated rings. The first-order valence-electron chi connectivity index (χ1n) is 9.52. The summed E-state index contributed by atoms with van der Waals surface area (Å²) in [7, 11) is 1.38. The smallest absolute Gasteiger partial charge is 0.306 e. The lowest BCUT2D eigenvalue weighted by Gasteiger charge is -2.16. The molecule has 1 unspecified atom stereocenters. The molecule has 0 aliphatic rings. The maximum Gasteiger partial charge on any atom is 0.306 e. The van der Waals surface area contributed by atoms with Crippen molar-refractivity contribution in [1.82, 2.24) is 0 Å². The number of hydrogen-bond acceptors (Lipinski definition) is 7. The van der Waals surface area contributed by atoms with Gasteiger partial charge in [0.1, 0.15) is 12.7 Å². The summed E-state index contributed by atoms with van der Waals surface area (Å²) >= 11 is 0. The largest absolute Gasteiger partial charge is 0.481 e. The number of esters is 3. The van der Waals surface area contributed by atoms with Crippen LogP contribution in [0.5, 0.6) is 0 Å². The summed E-state index contributed by atoms with van der Waals surface area (Å²) in [4.78, 5) is 44.6. The third kappa shape index (κ3) is 15.8. The van der Waals surface area contributed by atoms with Gasteiger partial charge in [-0.05, 0) is 19.3 Å². The van der Waals surface area contributed by atoms with E-state index in [1.54, 1.807) is 6.92 Å². The van der Waals surface area contributed by atoms with E-state index < -0.39 is 18.0 Å². The number of carboxylic acid groups (broad SMARTS) is 1. The Bertz CT molecular complexity index is 461. The average molecular weight is 388 g/mol. The molecule has 0 heterocycles. The van der Waals surface area contributed by atoms with E-state index in [-0.39, 0.29) is 31.4 Å². The van der Waals surface area contributed by atoms with Crippen LogP contribution in [0.25, 0.3) is 0 Å². The molecule has 0 aliphatic heterocycles. The lowest BCUT2D eigenvalue weighted by atomic mass is 10.1. The molecule has 8 nitrogen and oxygen atoms in total. The fourth-order valence-electron chi connectivity index (χ4n) is 2.29. The maximum atomic E-state index is 11.7. The van der Waals surface area contributed by atoms with Crippen LogP contribution < -0.4 is 0 Å². The second-order valence-electron chi connectivity index (χ2n) is 6.29. The highest BCUT2D eigenvalue weighted by Gasteiger charge is 2.16. The quantitative estimate of drug-likeness (QED) is 0.244. The Morgan fingerprint density at radius 2 is 1.33 bits per heavy atom. The van der Waals surface area contributed by atoms with E-state index in [4.69, 9.17) is 14.6 Å². The molecule has 0 radical (unpaired) electrons. The lowest BCUT2D eigenvalue weighted by molar-refractivity contribution is -0.160. The van der Waals surface area contributed by atoms with Crippen molar-refractivity contribution in [3.05, 3.63) is 0 Å². The second-order valence-corrected chi connectivity index (χ2v) is 6.29. The summed E-state index contributed by atoms with van der Waals surface area (Å²) < 4.78 is 14.8. The van der Waals surface area contributed by atoms with Gasteiger partial charge in [-0.2, -0.15) is 0 Å². The summed E-state index contributed by atoms with van der Waals surface area (Å²) in [6.07, 6.45) is 5.64. The number of carbonyl (C=O) groups is 4. The first kappa shape index (κ1) is 24.9. The van der Waals surface area contributed by atoms with E-state index >= 15 is 0 Å². The third-order valence-electron chi connectivity index (χ3n) is 3.97. The van der Waals surface area contributed by atoms with Gasteiger partial charge in [0.2, 0.25) is 0 Å². The Hall–Kier alpha value is -2.12. The molecule has 0 aliphatic carbocycles. The molecule has 1 atom stereocenters. The number of hydrogen-bond donors (Lipinski definition) is 1. The van der Waals surface area contributed by atoms with Gasteiger partial charge in [-0.1, -0.05) is 32.6 Å². The molecule has 0 saturated heterocycles. The molecule has 0 bridgehead atoms. The van der Waals surface area contributed by atoms with Gasteiger partial charge in [0.25, 0.3) is 0 Å². The Morgan fingerprint density at radius 3 is 1.85 bits per heavy atom. The summed E-state index contributed by atoms with van der Waals surface area (Å²) in [6.45, 7) is 1.78. The lowest BCUT2D eigenvalue weighted by Crippen LogP contribution is -2.24. The molecular formula is C19H32O8. The minimum absolute atomic E-state index is 0.0122. The zero-order valence-corrected chi connectivity index (χ0v) is 16.4. The normalized spacial score (nSPS) is 11.5. The molecule has 0 aromatic carbocycles. The van der Waals surface area contributed by atoms with Crippen molar-refractivity contribution >= 4 is 23.9 Å². The minimum Gasteiger partial charge on any atom is -0.481 e. The minimum atomic E-state index is -1.06. The van der Waals surface area contributed by atoms with Crippen molar-refractivity contribution < 1.29 is 38.5 Å². The van der Waals surface area contributed by atoms with Crippen molar-refractivity contribution in [3.63, 3.8) is 0 Å². The third-order valence-corrected chi connectivity index (χ3v) is 3.97. The van der Waals surface area contributed by atoms with Gasteiger partial charge in [0, 0.05) is 12.8 Å². The summed E-state index contributed by atoms with van der Waals surface area (Å²) in [6, 6.07) is 0. The standard InChI is InChI=1S/C19H32O8/c1-3-15(27-19(24)13-12-16(20)21)14-26-18(23)11-9-7-5-4-6-8-10-17(22)25-2/h15H,3-14H2,1-2H3,(H,20,21). The van der Waals surface area contributed by atoms with E-state index in [0.29, 0.717) is 19.3 Å². The predicted molar refractivity (Wildman–Crippen MR) is 97.0 cm³/mol. The molecule has 1 N–H and O–H groups in total. The molecule has 0 aromatic heterocycles. The van der Waals surface area contributed by atoms with Crippen LogP contribution in [0.15, 0.2) is 0 Å². The zero-order valence-electron chi connectivity index (χ0n) is 16.4. The Labute approximate surface area is 160 Å². The zero-order chi connectivity index (χ0) is 20.5. The van der Waals surface area contributed by atoms with Crippen molar-refractivity contribution in [2.24, 2.45) is 0 Å². The highest BCUT2D eigenvalue weighted by atomic mass is 16.6. The van der Waals surface area contributed by atoms with Crippen molar-refractivity contribution in [2.75, 3.05) is 13.7 Å². The fraction of sp³-hybridized carbons (Fsp3) is 0.789. The Morgan fingerprint density at radius 1 is 0.778 bits per heavy atom. The number of rotatable bonds is 16. The molecule has 156 valence electrons. The fourth-order valence-corrected chi connectivity index (χ4v) is 2.29. The number of carbonyl (C=O) groups excluding carboxylic acids is 3. The summed E-state index contributed by atoms with van der Waals surface area (Å²) in [5, 5.41) is 8.53. The molecule has 0 aromatic rings. The van der Waals surface area contributed by atoms with Crippen LogP contribution in [0, 0.1) is 0 Å².